The number of aliphatic hydroxyl groups is 1. The van der Waals surface area contributed by atoms with E-state index in [0.29, 0.717) is 11.1 Å². The fourth-order valence-electron chi connectivity index (χ4n) is 1.28. The molecule has 0 heterocycles. The lowest BCUT2D eigenvalue weighted by Crippen LogP contribution is -2.07. The lowest BCUT2D eigenvalue weighted by molar-refractivity contribution is -0.00212. The minimum absolute atomic E-state index is 0.0991. The minimum Gasteiger partial charge on any atom is -0.392 e. The Morgan fingerprint density at radius 2 is 1.88 bits per heavy atom. The van der Waals surface area contributed by atoms with E-state index in [0.717, 1.165) is 0 Å². The zero-order chi connectivity index (χ0) is 12.9. The van der Waals surface area contributed by atoms with Crippen LogP contribution >= 0.6 is 7.60 Å². The normalized spacial score (nSPS) is 11.0. The van der Waals surface area contributed by atoms with Crippen molar-refractivity contribution in [3.8, 4) is 0 Å². The van der Waals surface area contributed by atoms with Crippen LogP contribution in [-0.2, 0) is 20.2 Å². The second-order valence-corrected chi connectivity index (χ2v) is 5.29. The molecule has 0 aliphatic carbocycles. The van der Waals surface area contributed by atoms with Gasteiger partial charge >= 0.3 is 13.0 Å². The number of hydrogen-bond donors (Lipinski definition) is 1. The Bertz CT molecular complexity index is 472. The first-order valence-corrected chi connectivity index (χ1v) is 6.30. The van der Waals surface area contributed by atoms with Crippen molar-refractivity contribution in [3.05, 3.63) is 40.9 Å². The van der Waals surface area contributed by atoms with E-state index in [4.69, 9.17) is 19.7 Å². The maximum Gasteiger partial charge on any atom is 0.442 e. The van der Waals surface area contributed by atoms with Crippen LogP contribution in [0, 0.1) is 0 Å². The van der Waals surface area contributed by atoms with Gasteiger partial charge in [-0.15, -0.1) is 0 Å². The minimum atomic E-state index is -3.60. The summed E-state index contributed by atoms with van der Waals surface area (Å²) < 4.78 is 21.5. The SMILES string of the molecule is COP(=O)(OC)C(=[N+]=[N-])c1ccc(CO)cc1. The summed E-state index contributed by atoms with van der Waals surface area (Å²) in [4.78, 5) is 2.97. The fourth-order valence-corrected chi connectivity index (χ4v) is 2.35. The average molecular weight is 256 g/mol. The molecular formula is C10H13N2O4P. The van der Waals surface area contributed by atoms with E-state index in [1.807, 2.05) is 0 Å². The summed E-state index contributed by atoms with van der Waals surface area (Å²) in [6.45, 7) is -0.0991. The first-order valence-electron chi connectivity index (χ1n) is 4.75. The van der Waals surface area contributed by atoms with Gasteiger partial charge in [0.2, 0.25) is 0 Å². The molecule has 0 radical (unpaired) electrons. The third-order valence-corrected chi connectivity index (χ3v) is 4.06. The molecule has 1 rings (SSSR count). The molecule has 0 bridgehead atoms. The summed E-state index contributed by atoms with van der Waals surface area (Å²) in [7, 11) is -1.19. The third-order valence-electron chi connectivity index (χ3n) is 2.23. The second kappa shape index (κ2) is 5.87. The smallest absolute Gasteiger partial charge is 0.392 e. The van der Waals surface area contributed by atoms with Crippen LogP contribution in [0.1, 0.15) is 11.1 Å². The van der Waals surface area contributed by atoms with Crippen LogP contribution in [0.4, 0.5) is 0 Å². The van der Waals surface area contributed by atoms with Gasteiger partial charge in [-0.1, -0.05) is 12.1 Å². The maximum absolute atomic E-state index is 12.1. The van der Waals surface area contributed by atoms with E-state index in [2.05, 4.69) is 4.79 Å². The van der Waals surface area contributed by atoms with Crippen LogP contribution in [0.25, 0.3) is 5.53 Å². The Hall–Kier alpha value is -1.29. The van der Waals surface area contributed by atoms with Crippen LogP contribution in [0.15, 0.2) is 24.3 Å². The second-order valence-electron chi connectivity index (χ2n) is 3.14. The summed E-state index contributed by atoms with van der Waals surface area (Å²) in [6, 6.07) is 6.36. The van der Waals surface area contributed by atoms with E-state index in [-0.39, 0.29) is 12.1 Å². The number of rotatable bonds is 5. The van der Waals surface area contributed by atoms with Gasteiger partial charge in [0.05, 0.1) is 12.2 Å². The maximum atomic E-state index is 12.1. The van der Waals surface area contributed by atoms with Gasteiger partial charge in [0, 0.05) is 14.2 Å². The molecule has 0 amide bonds. The van der Waals surface area contributed by atoms with Crippen molar-refractivity contribution in [2.24, 2.45) is 0 Å². The summed E-state index contributed by atoms with van der Waals surface area (Å²) in [6.07, 6.45) is 0. The molecule has 1 aromatic carbocycles. The van der Waals surface area contributed by atoms with Crippen molar-refractivity contribution in [2.75, 3.05) is 14.2 Å². The van der Waals surface area contributed by atoms with E-state index >= 15 is 0 Å². The van der Waals surface area contributed by atoms with Crippen molar-refractivity contribution in [3.63, 3.8) is 0 Å². The molecule has 0 saturated carbocycles. The number of aliphatic hydroxyl groups excluding tert-OH is 1. The van der Waals surface area contributed by atoms with E-state index in [1.54, 1.807) is 24.3 Å². The van der Waals surface area contributed by atoms with Crippen LogP contribution in [-0.4, -0.2) is 29.6 Å². The summed E-state index contributed by atoms with van der Waals surface area (Å²) in [5.41, 5.74) is 9.83. The summed E-state index contributed by atoms with van der Waals surface area (Å²) in [5, 5.41) is 8.89. The molecule has 0 fully saturated rings. The standard InChI is InChI=1S/C10H13N2O4P/c1-15-17(14,16-2)10(12-11)9-5-3-8(7-13)4-6-9/h3-6,13H,7H2,1-2H3. The molecule has 0 atom stereocenters. The van der Waals surface area contributed by atoms with E-state index in [1.165, 1.54) is 14.2 Å². The highest BCUT2D eigenvalue weighted by molar-refractivity contribution is 7.72. The first kappa shape index (κ1) is 13.8. The van der Waals surface area contributed by atoms with E-state index < -0.39 is 7.60 Å². The Morgan fingerprint density at radius 1 is 1.35 bits per heavy atom. The van der Waals surface area contributed by atoms with Crippen LogP contribution in [0.5, 0.6) is 0 Å². The van der Waals surface area contributed by atoms with E-state index in [9.17, 15) is 4.57 Å². The summed E-state index contributed by atoms with van der Waals surface area (Å²) in [5.74, 6) is 0. The molecule has 0 aromatic heterocycles. The summed E-state index contributed by atoms with van der Waals surface area (Å²) >= 11 is 0. The van der Waals surface area contributed by atoms with Crippen LogP contribution in [0.2, 0.25) is 0 Å². The van der Waals surface area contributed by atoms with Gasteiger partial charge in [0.15, 0.2) is 0 Å². The zero-order valence-corrected chi connectivity index (χ0v) is 10.4. The molecule has 0 aliphatic heterocycles. The van der Waals surface area contributed by atoms with Crippen LogP contribution < -0.4 is 0 Å². The average Bonchev–Trinajstić information content (AvgIpc) is 2.40. The predicted molar refractivity (Wildman–Crippen MR) is 61.7 cm³/mol. The van der Waals surface area contributed by atoms with Crippen molar-refractivity contribution in [2.45, 2.75) is 6.61 Å². The molecule has 0 spiro atoms. The third kappa shape index (κ3) is 2.88. The lowest BCUT2D eigenvalue weighted by Gasteiger charge is -2.08. The number of benzene rings is 1. The topological polar surface area (TPSA) is 92.2 Å². The molecule has 0 aliphatic rings. The largest absolute Gasteiger partial charge is 0.442 e. The monoisotopic (exact) mass is 256 g/mol. The Labute approximate surface area is 99.0 Å². The highest BCUT2D eigenvalue weighted by atomic mass is 31.2. The Morgan fingerprint density at radius 3 is 2.24 bits per heavy atom. The van der Waals surface area contributed by atoms with Gasteiger partial charge in [-0.3, -0.25) is 0 Å². The van der Waals surface area contributed by atoms with Crippen molar-refractivity contribution < 1.29 is 23.5 Å². The molecule has 0 unspecified atom stereocenters. The molecule has 92 valence electrons. The molecule has 17 heavy (non-hydrogen) atoms. The molecule has 6 nitrogen and oxygen atoms in total. The molecule has 1 N–H and O–H groups in total. The Balaban J connectivity index is 3.20. The van der Waals surface area contributed by atoms with Crippen molar-refractivity contribution in [1.82, 2.24) is 0 Å². The fraction of sp³-hybridized carbons (Fsp3) is 0.300. The van der Waals surface area contributed by atoms with Gasteiger partial charge in [0.1, 0.15) is 0 Å². The molecule has 7 heteroatoms. The van der Waals surface area contributed by atoms with Gasteiger partial charge in [-0.05, 0) is 17.7 Å². The molecule has 0 saturated heterocycles. The van der Waals surface area contributed by atoms with Crippen molar-refractivity contribution >= 4 is 13.0 Å². The van der Waals surface area contributed by atoms with Gasteiger partial charge in [-0.2, -0.15) is 4.79 Å². The lowest BCUT2D eigenvalue weighted by atomic mass is 10.1. The zero-order valence-electron chi connectivity index (χ0n) is 9.53. The predicted octanol–water partition coefficient (Wildman–Crippen LogP) is 1.64. The molecular weight excluding hydrogens is 243 g/mol. The number of hydrogen-bond acceptors (Lipinski definition) is 4. The Kier molecular flexibility index (Phi) is 4.75. The highest BCUT2D eigenvalue weighted by Gasteiger charge is 2.39. The first-order chi connectivity index (χ1) is 8.11. The molecule has 1 aromatic rings. The van der Waals surface area contributed by atoms with Crippen molar-refractivity contribution in [1.29, 1.82) is 0 Å². The van der Waals surface area contributed by atoms with Crippen LogP contribution in [0.3, 0.4) is 0 Å². The highest BCUT2D eigenvalue weighted by Crippen LogP contribution is 2.49. The van der Waals surface area contributed by atoms with Gasteiger partial charge in [0.25, 0.3) is 0 Å². The number of nitrogens with zero attached hydrogens (tertiary/aromatic N) is 2. The van der Waals surface area contributed by atoms with Gasteiger partial charge in [-0.25, -0.2) is 4.57 Å². The quantitative estimate of drug-likeness (QED) is 0.375. The van der Waals surface area contributed by atoms with Gasteiger partial charge < -0.3 is 19.7 Å².